The SMILES string of the molecule is Cc1ccc(S(=O)(=O)n2cc(-c3ccc(C(=O)N(C)C)cc3)c3cc(-c4ccc(N5CC6(CCCNC6)C5)cc4)cnc32)cc1. The topological polar surface area (TPSA) is 87.5 Å². The van der Waals surface area contributed by atoms with Gasteiger partial charge >= 0.3 is 0 Å². The number of amides is 1. The van der Waals surface area contributed by atoms with Crippen molar-refractivity contribution in [2.75, 3.05) is 45.2 Å². The van der Waals surface area contributed by atoms with Crippen LogP contribution in [0, 0.1) is 12.3 Å². The lowest BCUT2D eigenvalue weighted by Gasteiger charge is -2.53. The normalized spacial score (nSPS) is 16.1. The molecule has 45 heavy (non-hydrogen) atoms. The predicted molar refractivity (Wildman–Crippen MR) is 179 cm³/mol. The van der Waals surface area contributed by atoms with Crippen molar-refractivity contribution in [2.45, 2.75) is 24.7 Å². The van der Waals surface area contributed by atoms with E-state index < -0.39 is 10.0 Å². The second-order valence-electron chi connectivity index (χ2n) is 12.7. The van der Waals surface area contributed by atoms with E-state index in [4.69, 9.17) is 4.98 Å². The third kappa shape index (κ3) is 5.30. The van der Waals surface area contributed by atoms with Gasteiger partial charge < -0.3 is 15.1 Å². The smallest absolute Gasteiger partial charge is 0.269 e. The number of benzene rings is 3. The van der Waals surface area contributed by atoms with E-state index in [2.05, 4.69) is 34.5 Å². The number of rotatable bonds is 6. The minimum absolute atomic E-state index is 0.0952. The number of nitrogens with zero attached hydrogens (tertiary/aromatic N) is 4. The van der Waals surface area contributed by atoms with Gasteiger partial charge in [0.05, 0.1) is 4.90 Å². The van der Waals surface area contributed by atoms with Gasteiger partial charge in [-0.3, -0.25) is 4.79 Å². The molecule has 230 valence electrons. The largest absolute Gasteiger partial charge is 0.370 e. The zero-order chi connectivity index (χ0) is 31.3. The Labute approximate surface area is 264 Å². The van der Waals surface area contributed by atoms with Crippen LogP contribution in [0.4, 0.5) is 5.69 Å². The highest BCUT2D eigenvalue weighted by Gasteiger charge is 2.43. The van der Waals surface area contributed by atoms with Crippen molar-refractivity contribution in [3.05, 3.63) is 102 Å². The van der Waals surface area contributed by atoms with Crippen molar-refractivity contribution in [2.24, 2.45) is 5.41 Å². The Balaban J connectivity index is 1.27. The number of hydrogen-bond acceptors (Lipinski definition) is 6. The number of carbonyl (C=O) groups is 1. The first kappa shape index (κ1) is 29.3. The molecule has 8 nitrogen and oxygen atoms in total. The molecule has 0 radical (unpaired) electrons. The molecule has 2 fully saturated rings. The van der Waals surface area contributed by atoms with E-state index in [1.165, 1.54) is 27.4 Å². The first-order chi connectivity index (χ1) is 21.6. The Kier molecular flexibility index (Phi) is 7.25. The van der Waals surface area contributed by atoms with Crippen LogP contribution in [0.1, 0.15) is 28.8 Å². The number of aryl methyl sites for hydroxylation is 1. The molecule has 0 aliphatic carbocycles. The number of nitrogens with one attached hydrogen (secondary N) is 1. The summed E-state index contributed by atoms with van der Waals surface area (Å²) >= 11 is 0. The van der Waals surface area contributed by atoms with Crippen molar-refractivity contribution in [3.63, 3.8) is 0 Å². The zero-order valence-corrected chi connectivity index (χ0v) is 26.6. The molecule has 2 aliphatic rings. The van der Waals surface area contributed by atoms with Gasteiger partial charge in [0.1, 0.15) is 0 Å². The van der Waals surface area contributed by atoms with Gasteiger partial charge in [0.15, 0.2) is 5.65 Å². The Bertz CT molecular complexity index is 1980. The number of hydrogen-bond donors (Lipinski definition) is 1. The first-order valence-electron chi connectivity index (χ1n) is 15.4. The summed E-state index contributed by atoms with van der Waals surface area (Å²) in [4.78, 5) is 21.4. The molecule has 1 amide bonds. The highest BCUT2D eigenvalue weighted by Crippen LogP contribution is 2.40. The third-order valence-corrected chi connectivity index (χ3v) is 10.9. The van der Waals surface area contributed by atoms with Gasteiger partial charge in [0.2, 0.25) is 0 Å². The van der Waals surface area contributed by atoms with Crippen molar-refractivity contribution in [1.82, 2.24) is 19.2 Å². The monoisotopic (exact) mass is 619 g/mol. The van der Waals surface area contributed by atoms with E-state index >= 15 is 0 Å². The summed E-state index contributed by atoms with van der Waals surface area (Å²) in [6.07, 6.45) is 5.92. The number of pyridine rings is 1. The molecule has 2 aromatic heterocycles. The molecule has 2 aliphatic heterocycles. The van der Waals surface area contributed by atoms with Gasteiger partial charge in [0, 0.05) is 79.3 Å². The number of aromatic nitrogens is 2. The molecule has 9 heteroatoms. The summed E-state index contributed by atoms with van der Waals surface area (Å²) in [5, 5.41) is 4.27. The second kappa shape index (κ2) is 11.2. The van der Waals surface area contributed by atoms with Gasteiger partial charge in [0.25, 0.3) is 15.9 Å². The second-order valence-corrected chi connectivity index (χ2v) is 14.5. The minimum Gasteiger partial charge on any atom is -0.370 e. The van der Waals surface area contributed by atoms with E-state index in [9.17, 15) is 13.2 Å². The maximum absolute atomic E-state index is 13.9. The average molecular weight is 620 g/mol. The maximum atomic E-state index is 13.9. The van der Waals surface area contributed by atoms with Crippen molar-refractivity contribution >= 4 is 32.7 Å². The molecule has 5 aromatic rings. The molecule has 0 bridgehead atoms. The van der Waals surface area contributed by atoms with Gasteiger partial charge in [-0.1, -0.05) is 42.0 Å². The Morgan fingerprint density at radius 1 is 0.911 bits per heavy atom. The fraction of sp³-hybridized carbons (Fsp3) is 0.278. The number of anilines is 1. The van der Waals surface area contributed by atoms with Gasteiger partial charge in [-0.2, -0.15) is 0 Å². The van der Waals surface area contributed by atoms with Crippen LogP contribution in [0.3, 0.4) is 0 Å². The van der Waals surface area contributed by atoms with Crippen LogP contribution in [0.2, 0.25) is 0 Å². The fourth-order valence-corrected chi connectivity index (χ4v) is 7.96. The van der Waals surface area contributed by atoms with Gasteiger partial charge in [-0.25, -0.2) is 17.4 Å². The molecule has 1 N–H and O–H groups in total. The summed E-state index contributed by atoms with van der Waals surface area (Å²) in [5.74, 6) is -0.0952. The Morgan fingerprint density at radius 2 is 1.60 bits per heavy atom. The Hall–Kier alpha value is -4.47. The predicted octanol–water partition coefficient (Wildman–Crippen LogP) is 5.81. The van der Waals surface area contributed by atoms with Gasteiger partial charge in [-0.15, -0.1) is 0 Å². The number of fused-ring (bicyclic) bond motifs is 1. The molecule has 0 unspecified atom stereocenters. The van der Waals surface area contributed by atoms with E-state index in [-0.39, 0.29) is 10.8 Å². The third-order valence-electron chi connectivity index (χ3n) is 9.22. The van der Waals surface area contributed by atoms with Crippen molar-refractivity contribution in [1.29, 1.82) is 0 Å². The zero-order valence-electron chi connectivity index (χ0n) is 25.8. The fourth-order valence-electron chi connectivity index (χ4n) is 6.64. The standard InChI is InChI=1S/C36H37N5O3S/c1-25-5-15-31(16-6-25)45(43,44)41-21-33(27-7-9-28(10-8-27)35(42)39(2)3)32-19-29(20-38-34(32)41)26-11-13-30(14-12-26)40-23-36(24-40)17-4-18-37-22-36/h5-16,19-21,37H,4,17-18,22-24H2,1-3H3. The highest BCUT2D eigenvalue weighted by molar-refractivity contribution is 7.90. The van der Waals surface area contributed by atoms with Crippen molar-refractivity contribution in [3.8, 4) is 22.3 Å². The number of piperidine rings is 1. The van der Waals surface area contributed by atoms with E-state index in [0.717, 1.165) is 54.0 Å². The average Bonchev–Trinajstić information content (AvgIpc) is 3.44. The lowest BCUT2D eigenvalue weighted by molar-refractivity contribution is 0.0827. The van der Waals surface area contributed by atoms with Crippen LogP contribution in [-0.4, -0.2) is 68.5 Å². The van der Waals surface area contributed by atoms with E-state index in [0.29, 0.717) is 22.0 Å². The summed E-state index contributed by atoms with van der Waals surface area (Å²) in [7, 11) is -0.488. The molecular weight excluding hydrogens is 582 g/mol. The molecule has 0 saturated carbocycles. The lowest BCUT2D eigenvalue weighted by Crippen LogP contribution is -2.62. The molecule has 0 atom stereocenters. The molecule has 2 saturated heterocycles. The van der Waals surface area contributed by atoms with E-state index in [1.807, 2.05) is 25.1 Å². The molecule has 3 aromatic carbocycles. The Morgan fingerprint density at radius 3 is 2.24 bits per heavy atom. The minimum atomic E-state index is -3.92. The van der Waals surface area contributed by atoms with Crippen LogP contribution < -0.4 is 10.2 Å². The van der Waals surface area contributed by atoms with Crippen molar-refractivity contribution < 1.29 is 13.2 Å². The summed E-state index contributed by atoms with van der Waals surface area (Å²) < 4.78 is 29.0. The van der Waals surface area contributed by atoms with E-state index in [1.54, 1.807) is 62.9 Å². The van der Waals surface area contributed by atoms with Crippen LogP contribution in [0.25, 0.3) is 33.3 Å². The first-order valence-corrected chi connectivity index (χ1v) is 16.8. The van der Waals surface area contributed by atoms with Crippen LogP contribution in [-0.2, 0) is 10.0 Å². The summed E-state index contributed by atoms with van der Waals surface area (Å²) in [6, 6.07) is 24.7. The maximum Gasteiger partial charge on any atom is 0.269 e. The quantitative estimate of drug-likeness (QED) is 0.258. The van der Waals surface area contributed by atoms with Gasteiger partial charge in [-0.05, 0) is 79.9 Å². The number of carbonyl (C=O) groups excluding carboxylic acids is 1. The molecule has 1 spiro atoms. The summed E-state index contributed by atoms with van der Waals surface area (Å²) in [6.45, 7) is 6.31. The van der Waals surface area contributed by atoms with Crippen LogP contribution in [0.5, 0.6) is 0 Å². The molecule has 7 rings (SSSR count). The van der Waals surface area contributed by atoms with Crippen LogP contribution in [0.15, 0.2) is 96.2 Å². The highest BCUT2D eigenvalue weighted by atomic mass is 32.2. The molecule has 4 heterocycles. The molecular formula is C36H37N5O3S. The lowest BCUT2D eigenvalue weighted by atomic mass is 9.74. The summed E-state index contributed by atoms with van der Waals surface area (Å²) in [5.41, 5.74) is 6.95. The van der Waals surface area contributed by atoms with Crippen LogP contribution >= 0.6 is 0 Å².